The van der Waals surface area contributed by atoms with Crippen LogP contribution in [0.15, 0.2) is 212 Å². The molecule has 0 amide bonds. The Bertz CT molecular complexity index is 3090. The van der Waals surface area contributed by atoms with Gasteiger partial charge in [0.2, 0.25) is 0 Å². The van der Waals surface area contributed by atoms with E-state index < -0.39 is 8.07 Å². The lowest BCUT2D eigenvalue weighted by Gasteiger charge is -2.34. The predicted octanol–water partition coefficient (Wildman–Crippen LogP) is 10.8. The van der Waals surface area contributed by atoms with Crippen molar-refractivity contribution in [1.82, 2.24) is 4.57 Å². The Morgan fingerprint density at radius 3 is 1.15 bits per heavy atom. The van der Waals surface area contributed by atoms with Crippen molar-refractivity contribution in [3.05, 3.63) is 212 Å². The van der Waals surface area contributed by atoms with Crippen LogP contribution in [0.4, 0.5) is 0 Å². The molecule has 0 fully saturated rings. The van der Waals surface area contributed by atoms with Crippen LogP contribution in [-0.2, 0) is 0 Å². The Morgan fingerprint density at radius 1 is 0.259 bits per heavy atom. The SMILES string of the molecule is c1ccc([Si](c2ccccc2)(c2ccccc2)c2ccc(-n3c4ccccc4c4c5c6ccccc6c6ccccc6c5c5ccccc5c43)cc2)cc1. The molecule has 252 valence electrons. The number of hydrogen-bond acceptors (Lipinski definition) is 0. The quantitative estimate of drug-likeness (QED) is 0.0956. The van der Waals surface area contributed by atoms with Gasteiger partial charge in [0, 0.05) is 27.2 Å². The number of para-hydroxylation sites is 1. The Balaban J connectivity index is 1.26. The molecule has 54 heavy (non-hydrogen) atoms. The summed E-state index contributed by atoms with van der Waals surface area (Å²) in [6.45, 7) is 0. The van der Waals surface area contributed by atoms with Crippen LogP contribution in [-0.4, -0.2) is 12.6 Å². The lowest BCUT2D eigenvalue weighted by atomic mass is 9.88. The van der Waals surface area contributed by atoms with Gasteiger partial charge in [0.1, 0.15) is 0 Å². The fourth-order valence-electron chi connectivity index (χ4n) is 9.53. The summed E-state index contributed by atoms with van der Waals surface area (Å²) < 4.78 is 2.52. The third kappa shape index (κ3) is 4.32. The lowest BCUT2D eigenvalue weighted by molar-refractivity contribution is 1.19. The van der Waals surface area contributed by atoms with Crippen molar-refractivity contribution in [2.24, 2.45) is 0 Å². The molecule has 0 aliphatic heterocycles. The largest absolute Gasteiger partial charge is 0.309 e. The van der Waals surface area contributed by atoms with E-state index in [-0.39, 0.29) is 0 Å². The molecule has 1 nitrogen and oxygen atoms in total. The molecule has 2 heteroatoms. The van der Waals surface area contributed by atoms with Crippen LogP contribution in [0.3, 0.4) is 0 Å². The molecule has 0 bridgehead atoms. The maximum atomic E-state index is 2.52. The molecule has 1 heterocycles. The number of aromatic nitrogens is 1. The summed E-state index contributed by atoms with van der Waals surface area (Å²) in [4.78, 5) is 0. The lowest BCUT2D eigenvalue weighted by Crippen LogP contribution is -2.74. The predicted molar refractivity (Wildman–Crippen MR) is 234 cm³/mol. The van der Waals surface area contributed by atoms with Crippen LogP contribution in [0.25, 0.3) is 70.6 Å². The zero-order valence-corrected chi connectivity index (χ0v) is 30.7. The molecular formula is C52H35NSi. The minimum absolute atomic E-state index is 1.16. The average Bonchev–Trinajstić information content (AvgIpc) is 3.61. The summed E-state index contributed by atoms with van der Waals surface area (Å²) in [5, 5.41) is 18.5. The van der Waals surface area contributed by atoms with E-state index in [1.807, 2.05) is 0 Å². The van der Waals surface area contributed by atoms with Gasteiger partial charge in [-0.25, -0.2) is 0 Å². The van der Waals surface area contributed by atoms with E-state index in [1.54, 1.807) is 0 Å². The molecule has 0 aliphatic rings. The van der Waals surface area contributed by atoms with Crippen LogP contribution in [0.2, 0.25) is 0 Å². The molecule has 0 atom stereocenters. The molecule has 0 saturated carbocycles. The van der Waals surface area contributed by atoms with Crippen LogP contribution < -0.4 is 20.7 Å². The van der Waals surface area contributed by atoms with E-state index in [1.165, 1.54) is 85.6 Å². The molecule has 0 N–H and O–H groups in total. The highest BCUT2D eigenvalue weighted by molar-refractivity contribution is 7.19. The second kappa shape index (κ2) is 12.2. The second-order valence-electron chi connectivity index (χ2n) is 14.4. The van der Waals surface area contributed by atoms with Crippen molar-refractivity contribution in [3.8, 4) is 5.69 Å². The highest BCUT2D eigenvalue weighted by atomic mass is 28.3. The minimum Gasteiger partial charge on any atom is -0.309 e. The highest BCUT2D eigenvalue weighted by Crippen LogP contribution is 2.47. The van der Waals surface area contributed by atoms with E-state index in [4.69, 9.17) is 0 Å². The third-order valence-electron chi connectivity index (χ3n) is 11.7. The van der Waals surface area contributed by atoms with Gasteiger partial charge in [-0.1, -0.05) is 194 Å². The number of benzene rings is 10. The smallest absolute Gasteiger partial charge is 0.179 e. The molecule has 11 rings (SSSR count). The zero-order valence-electron chi connectivity index (χ0n) is 29.7. The molecular weight excluding hydrogens is 667 g/mol. The Labute approximate surface area is 315 Å². The van der Waals surface area contributed by atoms with Crippen molar-refractivity contribution < 1.29 is 0 Å². The standard InChI is InChI=1S/C52H35NSi/c1-4-18-37(19-5-1)54(38-20-6-2-7-21-38,39-22-8-3-9-23-39)40-34-32-36(33-35-40)53-48-31-17-16-30-47(48)51-50-44-27-13-11-25-42(44)41-24-10-12-26-43(41)49(50)45-28-14-15-29-46(45)52(51)53/h1-35H. The molecule has 0 aliphatic carbocycles. The van der Waals surface area contributed by atoms with E-state index in [2.05, 4.69) is 217 Å². The van der Waals surface area contributed by atoms with E-state index in [9.17, 15) is 0 Å². The van der Waals surface area contributed by atoms with Gasteiger partial charge >= 0.3 is 0 Å². The summed E-state index contributed by atoms with van der Waals surface area (Å²) in [5.41, 5.74) is 3.63. The first-order valence-corrected chi connectivity index (χ1v) is 20.8. The van der Waals surface area contributed by atoms with Crippen molar-refractivity contribution in [2.75, 3.05) is 0 Å². The molecule has 0 saturated heterocycles. The fourth-order valence-corrected chi connectivity index (χ4v) is 14.3. The first-order valence-electron chi connectivity index (χ1n) is 18.8. The van der Waals surface area contributed by atoms with Crippen molar-refractivity contribution in [1.29, 1.82) is 0 Å². The van der Waals surface area contributed by atoms with Crippen molar-refractivity contribution in [2.45, 2.75) is 0 Å². The van der Waals surface area contributed by atoms with Crippen LogP contribution in [0, 0.1) is 0 Å². The Kier molecular flexibility index (Phi) is 6.95. The van der Waals surface area contributed by atoms with Crippen molar-refractivity contribution in [3.63, 3.8) is 0 Å². The molecule has 11 aromatic rings. The molecule has 1 aromatic heterocycles. The van der Waals surface area contributed by atoms with Crippen LogP contribution >= 0.6 is 0 Å². The van der Waals surface area contributed by atoms with Crippen LogP contribution in [0.5, 0.6) is 0 Å². The monoisotopic (exact) mass is 701 g/mol. The molecule has 0 unspecified atom stereocenters. The fraction of sp³-hybridized carbons (Fsp3) is 0. The first-order chi connectivity index (χ1) is 26.8. The minimum atomic E-state index is -2.66. The van der Waals surface area contributed by atoms with E-state index >= 15 is 0 Å². The van der Waals surface area contributed by atoms with Gasteiger partial charge in [0.05, 0.1) is 11.0 Å². The number of fused-ring (bicyclic) bond motifs is 13. The topological polar surface area (TPSA) is 4.93 Å². The number of rotatable bonds is 5. The number of nitrogens with zero attached hydrogens (tertiary/aromatic N) is 1. The van der Waals surface area contributed by atoms with Gasteiger partial charge in [-0.15, -0.1) is 0 Å². The average molecular weight is 702 g/mol. The van der Waals surface area contributed by atoms with Gasteiger partial charge in [0.25, 0.3) is 0 Å². The summed E-state index contributed by atoms with van der Waals surface area (Å²) in [6.07, 6.45) is 0. The zero-order chi connectivity index (χ0) is 35.6. The van der Waals surface area contributed by atoms with Gasteiger partial charge in [-0.3, -0.25) is 0 Å². The summed E-state index contributed by atoms with van der Waals surface area (Å²) >= 11 is 0. The van der Waals surface area contributed by atoms with Gasteiger partial charge in [-0.05, 0) is 71.3 Å². The van der Waals surface area contributed by atoms with Gasteiger partial charge in [0.15, 0.2) is 8.07 Å². The normalized spacial score (nSPS) is 12.1. The molecule has 10 aromatic carbocycles. The van der Waals surface area contributed by atoms with Gasteiger partial charge < -0.3 is 4.57 Å². The Hall–Kier alpha value is -6.74. The summed E-state index contributed by atoms with van der Waals surface area (Å²) in [5.74, 6) is 0. The third-order valence-corrected chi connectivity index (χ3v) is 16.5. The van der Waals surface area contributed by atoms with E-state index in [0.717, 1.165) is 5.69 Å². The summed E-state index contributed by atoms with van der Waals surface area (Å²) in [6, 6.07) is 79.1. The number of hydrogen-bond donors (Lipinski definition) is 0. The second-order valence-corrected chi connectivity index (χ2v) is 18.2. The van der Waals surface area contributed by atoms with E-state index in [0.29, 0.717) is 0 Å². The Morgan fingerprint density at radius 2 is 0.630 bits per heavy atom. The van der Waals surface area contributed by atoms with Crippen molar-refractivity contribution >= 4 is 93.7 Å². The van der Waals surface area contributed by atoms with Gasteiger partial charge in [-0.2, -0.15) is 0 Å². The maximum Gasteiger partial charge on any atom is 0.179 e. The molecule has 0 radical (unpaired) electrons. The maximum absolute atomic E-state index is 2.66. The highest BCUT2D eigenvalue weighted by Gasteiger charge is 2.41. The summed E-state index contributed by atoms with van der Waals surface area (Å²) in [7, 11) is -2.66. The molecule has 0 spiro atoms. The van der Waals surface area contributed by atoms with Crippen LogP contribution in [0.1, 0.15) is 0 Å². The first kappa shape index (κ1) is 30.8.